The Bertz CT molecular complexity index is 1120. The number of sulfone groups is 1. The first kappa shape index (κ1) is 20.2. The van der Waals surface area contributed by atoms with Crippen LogP contribution in [0.25, 0.3) is 11.4 Å². The fourth-order valence-electron chi connectivity index (χ4n) is 2.55. The molecule has 3 rings (SSSR count). The number of hydrogen-bond acceptors (Lipinski definition) is 5. The van der Waals surface area contributed by atoms with Crippen molar-refractivity contribution in [3.05, 3.63) is 64.4 Å². The van der Waals surface area contributed by atoms with Crippen LogP contribution in [0, 0.1) is 4.77 Å². The van der Waals surface area contributed by atoms with E-state index in [-0.39, 0.29) is 34.4 Å². The number of aromatic nitrogens is 3. The lowest BCUT2D eigenvalue weighted by Crippen LogP contribution is -2.32. The summed E-state index contributed by atoms with van der Waals surface area (Å²) in [6.07, 6.45) is 0. The molecule has 28 heavy (non-hydrogen) atoms. The highest BCUT2D eigenvalue weighted by Crippen LogP contribution is 2.19. The van der Waals surface area contributed by atoms with Gasteiger partial charge >= 0.3 is 0 Å². The molecule has 1 aromatic heterocycles. The van der Waals surface area contributed by atoms with Gasteiger partial charge in [-0.15, -0.1) is 0 Å². The number of nitrogens with one attached hydrogen (secondary N) is 2. The highest BCUT2D eigenvalue weighted by molar-refractivity contribution is 7.91. The molecule has 7 nitrogen and oxygen atoms in total. The van der Waals surface area contributed by atoms with Crippen molar-refractivity contribution in [2.45, 2.75) is 11.4 Å². The van der Waals surface area contributed by atoms with Crippen LogP contribution in [0.1, 0.15) is 0 Å². The van der Waals surface area contributed by atoms with E-state index < -0.39 is 9.84 Å². The van der Waals surface area contributed by atoms with Crippen molar-refractivity contribution in [2.75, 3.05) is 12.3 Å². The van der Waals surface area contributed by atoms with E-state index in [1.165, 1.54) is 12.1 Å². The van der Waals surface area contributed by atoms with E-state index in [2.05, 4.69) is 15.5 Å². The van der Waals surface area contributed by atoms with Crippen LogP contribution in [0.15, 0.2) is 59.5 Å². The Morgan fingerprint density at radius 2 is 1.82 bits per heavy atom. The molecule has 0 radical (unpaired) electrons. The maximum Gasteiger partial charge on any atom is 0.240 e. The Hall–Kier alpha value is -2.49. The number of rotatable bonds is 7. The fourth-order valence-corrected chi connectivity index (χ4v) is 4.05. The van der Waals surface area contributed by atoms with Crippen LogP contribution >= 0.6 is 23.8 Å². The summed E-state index contributed by atoms with van der Waals surface area (Å²) < 4.78 is 26.3. The van der Waals surface area contributed by atoms with E-state index >= 15 is 0 Å². The van der Waals surface area contributed by atoms with E-state index in [0.717, 1.165) is 5.56 Å². The largest absolute Gasteiger partial charge is 0.354 e. The maximum atomic E-state index is 12.3. The Balaban J connectivity index is 1.64. The average Bonchev–Trinajstić information content (AvgIpc) is 3.03. The van der Waals surface area contributed by atoms with Gasteiger partial charge in [0.2, 0.25) is 5.91 Å². The highest BCUT2D eigenvalue weighted by atomic mass is 35.5. The third kappa shape index (κ3) is 4.86. The molecule has 0 saturated carbocycles. The van der Waals surface area contributed by atoms with Crippen LogP contribution in [0.5, 0.6) is 0 Å². The molecule has 0 fully saturated rings. The van der Waals surface area contributed by atoms with Crippen LogP contribution in [-0.2, 0) is 21.2 Å². The molecule has 0 aliphatic carbocycles. The second kappa shape index (κ2) is 8.68. The molecular formula is C18H17ClN4O3S2. The van der Waals surface area contributed by atoms with Crippen molar-refractivity contribution in [2.24, 2.45) is 0 Å². The second-order valence-corrected chi connectivity index (χ2v) is 8.86. The number of amides is 1. The number of H-pyrrole nitrogens is 1. The standard InChI is InChI=1S/C18H17ClN4O3S2/c19-14-8-6-13(7-9-14)17-21-22-18(27)23(17)12-16(24)20-10-11-28(25,26)15-4-2-1-3-5-15/h1-9H,10-12H2,(H,20,24)(H,22,27). The van der Waals surface area contributed by atoms with Crippen molar-refractivity contribution in [1.82, 2.24) is 20.1 Å². The Labute approximate surface area is 172 Å². The maximum absolute atomic E-state index is 12.3. The van der Waals surface area contributed by atoms with Gasteiger partial charge in [-0.3, -0.25) is 14.5 Å². The molecular weight excluding hydrogens is 420 g/mol. The quantitative estimate of drug-likeness (QED) is 0.555. The van der Waals surface area contributed by atoms with E-state index in [4.69, 9.17) is 23.8 Å². The van der Waals surface area contributed by atoms with Crippen molar-refractivity contribution < 1.29 is 13.2 Å². The topological polar surface area (TPSA) is 96.8 Å². The highest BCUT2D eigenvalue weighted by Gasteiger charge is 2.16. The lowest BCUT2D eigenvalue weighted by atomic mass is 10.2. The molecule has 0 atom stereocenters. The zero-order valence-electron chi connectivity index (χ0n) is 14.6. The van der Waals surface area contributed by atoms with E-state index in [0.29, 0.717) is 10.8 Å². The van der Waals surface area contributed by atoms with Crippen molar-refractivity contribution >= 4 is 39.6 Å². The Morgan fingerprint density at radius 3 is 2.50 bits per heavy atom. The lowest BCUT2D eigenvalue weighted by Gasteiger charge is -2.09. The molecule has 3 aromatic rings. The van der Waals surface area contributed by atoms with Gasteiger partial charge in [0.15, 0.2) is 20.4 Å². The number of aromatic amines is 1. The van der Waals surface area contributed by atoms with Gasteiger partial charge in [-0.05, 0) is 48.6 Å². The Morgan fingerprint density at radius 1 is 1.14 bits per heavy atom. The average molecular weight is 437 g/mol. The number of carbonyl (C=O) groups is 1. The van der Waals surface area contributed by atoms with Gasteiger partial charge in [0, 0.05) is 17.1 Å². The van der Waals surface area contributed by atoms with E-state index in [9.17, 15) is 13.2 Å². The SMILES string of the molecule is O=C(Cn1c(-c2ccc(Cl)cc2)n[nH]c1=S)NCCS(=O)(=O)c1ccccc1. The minimum Gasteiger partial charge on any atom is -0.354 e. The monoisotopic (exact) mass is 436 g/mol. The summed E-state index contributed by atoms with van der Waals surface area (Å²) in [6.45, 7) is -0.0871. The zero-order valence-corrected chi connectivity index (χ0v) is 17.0. The van der Waals surface area contributed by atoms with Gasteiger partial charge in [0.1, 0.15) is 6.54 Å². The predicted octanol–water partition coefficient (Wildman–Crippen LogP) is 2.85. The third-order valence-electron chi connectivity index (χ3n) is 3.96. The van der Waals surface area contributed by atoms with Crippen LogP contribution in [-0.4, -0.2) is 41.4 Å². The number of hydrogen-bond donors (Lipinski definition) is 2. The first-order valence-electron chi connectivity index (χ1n) is 8.32. The molecule has 2 N–H and O–H groups in total. The van der Waals surface area contributed by atoms with Crippen LogP contribution in [0.4, 0.5) is 0 Å². The zero-order chi connectivity index (χ0) is 20.1. The molecule has 146 valence electrons. The molecule has 0 unspecified atom stereocenters. The van der Waals surface area contributed by atoms with Gasteiger partial charge in [0.25, 0.3) is 0 Å². The minimum atomic E-state index is -3.45. The second-order valence-electron chi connectivity index (χ2n) is 5.93. The summed E-state index contributed by atoms with van der Waals surface area (Å²) in [4.78, 5) is 12.5. The molecule has 1 amide bonds. The van der Waals surface area contributed by atoms with Gasteiger partial charge in [0.05, 0.1) is 10.6 Å². The molecule has 2 aromatic carbocycles. The number of benzene rings is 2. The van der Waals surface area contributed by atoms with Gasteiger partial charge in [-0.25, -0.2) is 8.42 Å². The summed E-state index contributed by atoms with van der Waals surface area (Å²) >= 11 is 11.1. The summed E-state index contributed by atoms with van der Waals surface area (Å²) in [5.41, 5.74) is 0.746. The number of carbonyl (C=O) groups excluding carboxylic acids is 1. The number of halogens is 1. The van der Waals surface area contributed by atoms with E-state index in [1.807, 2.05) is 0 Å². The normalized spacial score (nSPS) is 11.3. The molecule has 10 heteroatoms. The van der Waals surface area contributed by atoms with Crippen molar-refractivity contribution in [1.29, 1.82) is 0 Å². The smallest absolute Gasteiger partial charge is 0.240 e. The predicted molar refractivity (Wildman–Crippen MR) is 109 cm³/mol. The number of nitrogens with zero attached hydrogens (tertiary/aromatic N) is 2. The van der Waals surface area contributed by atoms with Gasteiger partial charge < -0.3 is 5.32 Å². The van der Waals surface area contributed by atoms with Crippen LogP contribution in [0.2, 0.25) is 5.02 Å². The Kier molecular flexibility index (Phi) is 6.28. The first-order valence-corrected chi connectivity index (χ1v) is 10.8. The van der Waals surface area contributed by atoms with Gasteiger partial charge in [-0.1, -0.05) is 29.8 Å². The molecule has 1 heterocycles. The molecule has 0 aliphatic heterocycles. The first-order chi connectivity index (χ1) is 13.4. The van der Waals surface area contributed by atoms with E-state index in [1.54, 1.807) is 47.0 Å². The molecule has 0 bridgehead atoms. The van der Waals surface area contributed by atoms with Crippen LogP contribution < -0.4 is 5.32 Å². The fraction of sp³-hybridized carbons (Fsp3) is 0.167. The summed E-state index contributed by atoms with van der Waals surface area (Å²) in [7, 11) is -3.45. The summed E-state index contributed by atoms with van der Waals surface area (Å²) in [6, 6.07) is 15.1. The summed E-state index contributed by atoms with van der Waals surface area (Å²) in [5, 5.41) is 10.0. The third-order valence-corrected chi connectivity index (χ3v) is 6.25. The van der Waals surface area contributed by atoms with Crippen molar-refractivity contribution in [3.63, 3.8) is 0 Å². The molecule has 0 spiro atoms. The van der Waals surface area contributed by atoms with Gasteiger partial charge in [-0.2, -0.15) is 5.10 Å². The van der Waals surface area contributed by atoms with Crippen molar-refractivity contribution in [3.8, 4) is 11.4 Å². The van der Waals surface area contributed by atoms with Crippen LogP contribution in [0.3, 0.4) is 0 Å². The molecule has 0 aliphatic rings. The molecule has 0 saturated heterocycles. The summed E-state index contributed by atoms with van der Waals surface area (Å²) in [5.74, 6) is -0.0615. The lowest BCUT2D eigenvalue weighted by molar-refractivity contribution is -0.121. The minimum absolute atomic E-state index is 0.00247.